The molecule has 1 aliphatic carbocycles. The maximum Gasteiger partial charge on any atom is 0.322 e. The van der Waals surface area contributed by atoms with Crippen molar-refractivity contribution < 1.29 is 4.79 Å². The zero-order valence-corrected chi connectivity index (χ0v) is 13.1. The molecule has 0 atom stereocenters. The highest BCUT2D eigenvalue weighted by Crippen LogP contribution is 2.37. The Morgan fingerprint density at radius 1 is 1.17 bits per heavy atom. The second-order valence-corrected chi connectivity index (χ2v) is 6.60. The van der Waals surface area contributed by atoms with Gasteiger partial charge in [0, 0.05) is 0 Å². The molecule has 4 rings (SSSR count). The molecule has 1 saturated heterocycles. The van der Waals surface area contributed by atoms with Gasteiger partial charge < -0.3 is 5.32 Å². The second-order valence-electron chi connectivity index (χ2n) is 6.20. The van der Waals surface area contributed by atoms with Crippen LogP contribution < -0.4 is 10.2 Å². The minimum absolute atomic E-state index is 0.135. The van der Waals surface area contributed by atoms with E-state index in [1.807, 2.05) is 12.1 Å². The maximum atomic E-state index is 12.5. The van der Waals surface area contributed by atoms with E-state index in [9.17, 15) is 4.79 Å². The highest BCUT2D eigenvalue weighted by molar-refractivity contribution is 6.34. The third kappa shape index (κ3) is 2.25. The van der Waals surface area contributed by atoms with E-state index in [1.54, 1.807) is 23.1 Å². The van der Waals surface area contributed by atoms with E-state index >= 15 is 0 Å². The van der Waals surface area contributed by atoms with E-state index in [-0.39, 0.29) is 11.6 Å². The van der Waals surface area contributed by atoms with Gasteiger partial charge in [0.25, 0.3) is 0 Å². The molecule has 1 heterocycles. The van der Waals surface area contributed by atoms with Gasteiger partial charge in [-0.3, -0.25) is 4.90 Å². The number of halogens is 1. The maximum absolute atomic E-state index is 12.5. The SMILES string of the molecule is N#Cc1ccc(N2CC3(Cc4ccccc4C3)NC2=O)c(Cl)c1. The van der Waals surface area contributed by atoms with Crippen molar-refractivity contribution in [2.75, 3.05) is 11.4 Å². The summed E-state index contributed by atoms with van der Waals surface area (Å²) < 4.78 is 0. The summed E-state index contributed by atoms with van der Waals surface area (Å²) in [6.45, 7) is 0.576. The van der Waals surface area contributed by atoms with Gasteiger partial charge in [-0.2, -0.15) is 5.26 Å². The van der Waals surface area contributed by atoms with E-state index in [0.29, 0.717) is 22.8 Å². The van der Waals surface area contributed by atoms with Gasteiger partial charge in [-0.1, -0.05) is 35.9 Å². The highest BCUT2D eigenvalue weighted by Gasteiger charge is 2.47. The first kappa shape index (κ1) is 14.1. The summed E-state index contributed by atoms with van der Waals surface area (Å²) in [4.78, 5) is 14.2. The van der Waals surface area contributed by atoms with Gasteiger partial charge in [0.1, 0.15) is 0 Å². The van der Waals surface area contributed by atoms with Gasteiger partial charge in [-0.15, -0.1) is 0 Å². The molecule has 5 heteroatoms. The lowest BCUT2D eigenvalue weighted by molar-refractivity contribution is 0.247. The molecule has 0 unspecified atom stereocenters. The zero-order valence-electron chi connectivity index (χ0n) is 12.3. The Balaban J connectivity index is 1.65. The van der Waals surface area contributed by atoms with E-state index in [2.05, 4.69) is 23.5 Å². The van der Waals surface area contributed by atoms with Crippen molar-refractivity contribution >= 4 is 23.3 Å². The minimum atomic E-state index is -0.266. The van der Waals surface area contributed by atoms with Gasteiger partial charge in [0.2, 0.25) is 0 Å². The first-order chi connectivity index (χ1) is 11.1. The van der Waals surface area contributed by atoms with Crippen LogP contribution in [-0.2, 0) is 12.8 Å². The quantitative estimate of drug-likeness (QED) is 0.875. The summed E-state index contributed by atoms with van der Waals surface area (Å²) in [5, 5.41) is 12.5. The number of hydrogen-bond donors (Lipinski definition) is 1. The predicted molar refractivity (Wildman–Crippen MR) is 88.6 cm³/mol. The monoisotopic (exact) mass is 323 g/mol. The smallest absolute Gasteiger partial charge is 0.322 e. The fourth-order valence-electron chi connectivity index (χ4n) is 3.59. The fraction of sp³-hybridized carbons (Fsp3) is 0.222. The highest BCUT2D eigenvalue weighted by atomic mass is 35.5. The Hall–Kier alpha value is -2.51. The van der Waals surface area contributed by atoms with Crippen molar-refractivity contribution in [2.24, 2.45) is 0 Å². The Morgan fingerprint density at radius 3 is 2.48 bits per heavy atom. The van der Waals surface area contributed by atoms with Crippen molar-refractivity contribution in [1.29, 1.82) is 5.26 Å². The number of nitrogens with one attached hydrogen (secondary N) is 1. The fourth-order valence-corrected chi connectivity index (χ4v) is 3.88. The van der Waals surface area contributed by atoms with E-state index in [0.717, 1.165) is 12.8 Å². The zero-order chi connectivity index (χ0) is 16.0. The van der Waals surface area contributed by atoms with Gasteiger partial charge in [-0.05, 0) is 42.2 Å². The van der Waals surface area contributed by atoms with Crippen molar-refractivity contribution in [3.8, 4) is 6.07 Å². The van der Waals surface area contributed by atoms with E-state index < -0.39 is 0 Å². The van der Waals surface area contributed by atoms with Crippen molar-refractivity contribution in [1.82, 2.24) is 5.32 Å². The van der Waals surface area contributed by atoms with Crippen molar-refractivity contribution in [3.05, 3.63) is 64.2 Å². The molecule has 114 valence electrons. The summed E-state index contributed by atoms with van der Waals surface area (Å²) in [7, 11) is 0. The van der Waals surface area contributed by atoms with Crippen LogP contribution in [0.4, 0.5) is 10.5 Å². The molecule has 0 aromatic heterocycles. The van der Waals surface area contributed by atoms with E-state index in [4.69, 9.17) is 16.9 Å². The average molecular weight is 324 g/mol. The number of amides is 2. The molecule has 0 radical (unpaired) electrons. The number of fused-ring (bicyclic) bond motifs is 1. The largest absolute Gasteiger partial charge is 0.330 e. The molecular weight excluding hydrogens is 310 g/mol. The number of nitrogens with zero attached hydrogens (tertiary/aromatic N) is 2. The van der Waals surface area contributed by atoms with Gasteiger partial charge in [-0.25, -0.2) is 4.79 Å². The van der Waals surface area contributed by atoms with Crippen LogP contribution in [0.5, 0.6) is 0 Å². The molecule has 0 saturated carbocycles. The molecule has 4 nitrogen and oxygen atoms in total. The van der Waals surface area contributed by atoms with E-state index in [1.165, 1.54) is 11.1 Å². The number of benzene rings is 2. The predicted octanol–water partition coefficient (Wildman–Crippen LogP) is 3.28. The first-order valence-electron chi connectivity index (χ1n) is 7.46. The van der Waals surface area contributed by atoms with Crippen LogP contribution >= 0.6 is 11.6 Å². The third-order valence-corrected chi connectivity index (χ3v) is 4.92. The van der Waals surface area contributed by atoms with Crippen LogP contribution in [0, 0.1) is 11.3 Å². The van der Waals surface area contributed by atoms with Gasteiger partial charge in [0.05, 0.1) is 34.4 Å². The van der Waals surface area contributed by atoms with Crippen molar-refractivity contribution in [2.45, 2.75) is 18.4 Å². The second kappa shape index (κ2) is 5.00. The lowest BCUT2D eigenvalue weighted by Gasteiger charge is -2.22. The van der Waals surface area contributed by atoms with Crippen molar-refractivity contribution in [3.63, 3.8) is 0 Å². The summed E-state index contributed by atoms with van der Waals surface area (Å²) in [5.41, 5.74) is 3.45. The molecule has 1 N–H and O–H groups in total. The Bertz CT molecular complexity index is 831. The molecule has 23 heavy (non-hydrogen) atoms. The normalized spacial score (nSPS) is 17.9. The van der Waals surface area contributed by atoms with Crippen LogP contribution in [0.3, 0.4) is 0 Å². The molecule has 2 aliphatic rings. The number of hydrogen-bond acceptors (Lipinski definition) is 2. The molecule has 2 amide bonds. The molecule has 0 bridgehead atoms. The molecule has 1 aliphatic heterocycles. The van der Waals surface area contributed by atoms with Crippen LogP contribution in [0.25, 0.3) is 0 Å². The number of urea groups is 1. The first-order valence-corrected chi connectivity index (χ1v) is 7.84. The number of carbonyl (C=O) groups is 1. The third-order valence-electron chi connectivity index (χ3n) is 4.62. The number of carbonyl (C=O) groups excluding carboxylic acids is 1. The van der Waals surface area contributed by atoms with Crippen LogP contribution in [0.1, 0.15) is 16.7 Å². The molecule has 2 aromatic rings. The Labute approximate surface area is 139 Å². The lowest BCUT2D eigenvalue weighted by atomic mass is 9.97. The van der Waals surface area contributed by atoms with Gasteiger partial charge >= 0.3 is 6.03 Å². The number of rotatable bonds is 1. The number of nitriles is 1. The average Bonchev–Trinajstić information content (AvgIpc) is 3.05. The minimum Gasteiger partial charge on any atom is -0.330 e. The Morgan fingerprint density at radius 2 is 1.87 bits per heavy atom. The lowest BCUT2D eigenvalue weighted by Crippen LogP contribution is -2.44. The molecule has 2 aromatic carbocycles. The number of anilines is 1. The standard InChI is InChI=1S/C18H14ClN3O/c19-15-7-12(10-20)5-6-16(15)22-11-18(21-17(22)23)8-13-3-1-2-4-14(13)9-18/h1-7H,8-9,11H2,(H,21,23). The summed E-state index contributed by atoms with van der Waals surface area (Å²) in [5.74, 6) is 0. The summed E-state index contributed by atoms with van der Waals surface area (Å²) in [6, 6.07) is 15.2. The topological polar surface area (TPSA) is 56.1 Å². The molecule has 1 spiro atoms. The van der Waals surface area contributed by atoms with Crippen LogP contribution in [-0.4, -0.2) is 18.1 Å². The molecular formula is C18H14ClN3O. The summed E-state index contributed by atoms with van der Waals surface area (Å²) in [6.07, 6.45) is 1.67. The molecule has 1 fully saturated rings. The Kier molecular flexibility index (Phi) is 3.07. The van der Waals surface area contributed by atoms with Crippen LogP contribution in [0.15, 0.2) is 42.5 Å². The van der Waals surface area contributed by atoms with Crippen LogP contribution in [0.2, 0.25) is 5.02 Å². The summed E-state index contributed by atoms with van der Waals surface area (Å²) >= 11 is 6.26. The van der Waals surface area contributed by atoms with Gasteiger partial charge in [0.15, 0.2) is 0 Å².